The van der Waals surface area contributed by atoms with Crippen LogP contribution in [0.25, 0.3) is 0 Å². The van der Waals surface area contributed by atoms with E-state index in [2.05, 4.69) is 38.2 Å². The van der Waals surface area contributed by atoms with Crippen LogP contribution in [0.15, 0.2) is 24.3 Å². The Morgan fingerprint density at radius 3 is 1.51 bits per heavy atom. The summed E-state index contributed by atoms with van der Waals surface area (Å²) in [5.41, 5.74) is 0. The molecule has 2 atom stereocenters. The summed E-state index contributed by atoms with van der Waals surface area (Å²) in [6.45, 7) is 5.62. The van der Waals surface area contributed by atoms with Gasteiger partial charge < -0.3 is 18.9 Å². The molecule has 0 aliphatic heterocycles. The van der Waals surface area contributed by atoms with Crippen molar-refractivity contribution in [3.63, 3.8) is 0 Å². The maximum Gasteiger partial charge on any atom is 0.472 e. The van der Waals surface area contributed by atoms with Gasteiger partial charge in [-0.15, -0.1) is 0 Å². The fourth-order valence-corrected chi connectivity index (χ4v) is 7.15. The van der Waals surface area contributed by atoms with Crippen LogP contribution < -0.4 is 0 Å². The van der Waals surface area contributed by atoms with Crippen molar-refractivity contribution in [3.05, 3.63) is 24.3 Å². The van der Waals surface area contributed by atoms with Crippen molar-refractivity contribution < 1.29 is 37.3 Å². The zero-order valence-corrected chi connectivity index (χ0v) is 37.8. The molecule has 9 heteroatoms. The Hall–Kier alpha value is -1.02. The van der Waals surface area contributed by atoms with E-state index in [1.165, 1.54) is 141 Å². The van der Waals surface area contributed by atoms with Crippen LogP contribution in [0.3, 0.4) is 0 Å². The van der Waals surface area contributed by atoms with E-state index in [1.54, 1.807) is 0 Å². The Morgan fingerprint density at radius 1 is 0.564 bits per heavy atom. The van der Waals surface area contributed by atoms with Crippen LogP contribution in [0.2, 0.25) is 0 Å². The van der Waals surface area contributed by atoms with Crippen molar-refractivity contribution in [1.29, 1.82) is 0 Å². The first-order valence-electron chi connectivity index (χ1n) is 23.1. The Labute approximate surface area is 341 Å². The molecule has 0 fully saturated rings. The van der Waals surface area contributed by atoms with Crippen LogP contribution in [0.5, 0.6) is 0 Å². The molecule has 1 N–H and O–H groups in total. The molecule has 0 saturated carbocycles. The van der Waals surface area contributed by atoms with Crippen LogP contribution in [-0.2, 0) is 27.9 Å². The van der Waals surface area contributed by atoms with Gasteiger partial charge in [-0.1, -0.05) is 179 Å². The van der Waals surface area contributed by atoms with Crippen molar-refractivity contribution in [3.8, 4) is 0 Å². The molecule has 55 heavy (non-hydrogen) atoms. The molecule has 0 bridgehead atoms. The number of phosphoric acid groups is 1. The van der Waals surface area contributed by atoms with Crippen molar-refractivity contribution in [2.45, 2.75) is 213 Å². The number of hydrogen-bond acceptors (Lipinski definition) is 6. The average molecular weight is 801 g/mol. The van der Waals surface area contributed by atoms with Gasteiger partial charge in [0.1, 0.15) is 19.3 Å². The van der Waals surface area contributed by atoms with Crippen LogP contribution in [0.1, 0.15) is 206 Å². The lowest BCUT2D eigenvalue weighted by atomic mass is 10.0. The molecule has 0 aliphatic rings. The quantitative estimate of drug-likeness (QED) is 0.0216. The van der Waals surface area contributed by atoms with Gasteiger partial charge in [0, 0.05) is 13.0 Å². The summed E-state index contributed by atoms with van der Waals surface area (Å²) in [6, 6.07) is 0. The minimum absolute atomic E-state index is 0.0889. The molecule has 0 aromatic heterocycles. The largest absolute Gasteiger partial charge is 0.472 e. The number of rotatable bonds is 43. The SMILES string of the molecule is CCCCC/C=C\C/C=C\CCCCCCCCCC(=O)OC(COCCCCCCCCCCCCCCCCCC)COP(=O)(O)OCC[N+](C)(C)C. The van der Waals surface area contributed by atoms with Gasteiger partial charge in [0.05, 0.1) is 34.4 Å². The van der Waals surface area contributed by atoms with Gasteiger partial charge in [0.15, 0.2) is 0 Å². The summed E-state index contributed by atoms with van der Waals surface area (Å²) < 4.78 is 35.0. The highest BCUT2D eigenvalue weighted by molar-refractivity contribution is 7.47. The first-order valence-corrected chi connectivity index (χ1v) is 24.6. The predicted molar refractivity (Wildman–Crippen MR) is 233 cm³/mol. The van der Waals surface area contributed by atoms with Crippen LogP contribution in [-0.4, -0.2) is 75.6 Å². The summed E-state index contributed by atoms with van der Waals surface area (Å²) in [4.78, 5) is 22.9. The van der Waals surface area contributed by atoms with Crippen LogP contribution in [0.4, 0.5) is 0 Å². The number of hydrogen-bond donors (Lipinski definition) is 1. The minimum atomic E-state index is -4.27. The molecule has 0 aliphatic carbocycles. The molecule has 8 nitrogen and oxygen atoms in total. The first kappa shape index (κ1) is 54.0. The number of carbonyl (C=O) groups is 1. The van der Waals surface area contributed by atoms with E-state index in [1.807, 2.05) is 21.1 Å². The molecule has 0 spiro atoms. The Bertz CT molecular complexity index is 936. The van der Waals surface area contributed by atoms with E-state index in [4.69, 9.17) is 18.5 Å². The Kier molecular flexibility index (Phi) is 39.1. The van der Waals surface area contributed by atoms with Crippen molar-refractivity contribution >= 4 is 13.8 Å². The number of likely N-dealkylation sites (N-methyl/N-ethyl adjacent to an activating group) is 1. The molecule has 0 aromatic rings. The Morgan fingerprint density at radius 2 is 1.00 bits per heavy atom. The fourth-order valence-electron chi connectivity index (χ4n) is 6.41. The number of nitrogens with zero attached hydrogens (tertiary/aromatic N) is 1. The smallest absolute Gasteiger partial charge is 0.457 e. The van der Waals surface area contributed by atoms with Gasteiger partial charge in [-0.2, -0.15) is 0 Å². The molecular weight excluding hydrogens is 709 g/mol. The highest BCUT2D eigenvalue weighted by Gasteiger charge is 2.26. The second-order valence-electron chi connectivity index (χ2n) is 16.8. The average Bonchev–Trinajstić information content (AvgIpc) is 3.13. The van der Waals surface area contributed by atoms with Crippen molar-refractivity contribution in [2.24, 2.45) is 0 Å². The lowest BCUT2D eigenvalue weighted by Gasteiger charge is -2.24. The second-order valence-corrected chi connectivity index (χ2v) is 18.2. The number of ether oxygens (including phenoxy) is 2. The van der Waals surface area contributed by atoms with Gasteiger partial charge >= 0.3 is 13.8 Å². The van der Waals surface area contributed by atoms with Crippen molar-refractivity contribution in [2.75, 3.05) is 54.1 Å². The van der Waals surface area contributed by atoms with E-state index in [0.717, 1.165) is 44.9 Å². The predicted octanol–water partition coefficient (Wildman–Crippen LogP) is 13.6. The number of esters is 1. The first-order chi connectivity index (χ1) is 26.6. The molecule has 0 rings (SSSR count). The monoisotopic (exact) mass is 801 g/mol. The lowest BCUT2D eigenvalue weighted by molar-refractivity contribution is -0.870. The number of carbonyl (C=O) groups excluding carboxylic acids is 1. The number of allylic oxidation sites excluding steroid dienone is 4. The van der Waals surface area contributed by atoms with Gasteiger partial charge in [0.2, 0.25) is 0 Å². The van der Waals surface area contributed by atoms with E-state index in [0.29, 0.717) is 24.1 Å². The maximum absolute atomic E-state index is 12.7. The molecule has 326 valence electrons. The van der Waals surface area contributed by atoms with Crippen LogP contribution in [0, 0.1) is 0 Å². The van der Waals surface area contributed by atoms with E-state index in [-0.39, 0.29) is 25.8 Å². The molecule has 0 aromatic carbocycles. The minimum Gasteiger partial charge on any atom is -0.457 e. The molecule has 0 saturated heterocycles. The highest BCUT2D eigenvalue weighted by Crippen LogP contribution is 2.43. The normalized spacial score (nSPS) is 13.9. The van der Waals surface area contributed by atoms with Crippen LogP contribution >= 0.6 is 7.82 Å². The van der Waals surface area contributed by atoms with E-state index < -0.39 is 13.9 Å². The van der Waals surface area contributed by atoms with Gasteiger partial charge in [-0.25, -0.2) is 4.57 Å². The number of unbranched alkanes of at least 4 members (excludes halogenated alkanes) is 25. The second kappa shape index (κ2) is 39.8. The standard InChI is InChI=1S/C46H90NO7P/c1-6-8-10-12-14-16-18-20-22-24-25-27-29-31-33-35-37-39-46(48)54-45(44-53-55(49,50)52-42-40-47(3,4)5)43-51-41-38-36-34-32-30-28-26-23-21-19-17-15-13-11-9-7-2/h14,16,20,22,45H,6-13,15,17-19,21,23-44H2,1-5H3/p+1/b16-14-,22-20-. The molecule has 2 unspecified atom stereocenters. The zero-order chi connectivity index (χ0) is 40.6. The third kappa shape index (κ3) is 43.9. The third-order valence-corrected chi connectivity index (χ3v) is 11.0. The van der Waals surface area contributed by atoms with Gasteiger partial charge in [0.25, 0.3) is 0 Å². The third-order valence-electron chi connectivity index (χ3n) is 10.0. The molecular formula is C46H91NO7P+. The molecule has 0 heterocycles. The zero-order valence-electron chi connectivity index (χ0n) is 36.9. The Balaban J connectivity index is 4.20. The molecule has 0 radical (unpaired) electrons. The van der Waals surface area contributed by atoms with Gasteiger partial charge in [-0.05, 0) is 44.9 Å². The topological polar surface area (TPSA) is 91.3 Å². The summed E-state index contributed by atoms with van der Waals surface area (Å²) >= 11 is 0. The van der Waals surface area contributed by atoms with E-state index >= 15 is 0 Å². The summed E-state index contributed by atoms with van der Waals surface area (Å²) in [5.74, 6) is -0.319. The van der Waals surface area contributed by atoms with Gasteiger partial charge in [-0.3, -0.25) is 13.8 Å². The summed E-state index contributed by atoms with van der Waals surface area (Å²) in [6.07, 6.45) is 44.9. The maximum atomic E-state index is 12.7. The fraction of sp³-hybridized carbons (Fsp3) is 0.891. The van der Waals surface area contributed by atoms with Crippen molar-refractivity contribution in [1.82, 2.24) is 0 Å². The highest BCUT2D eigenvalue weighted by atomic mass is 31.2. The number of quaternary nitrogens is 1. The lowest BCUT2D eigenvalue weighted by Crippen LogP contribution is -2.37. The summed E-state index contributed by atoms with van der Waals surface area (Å²) in [5, 5.41) is 0. The van der Waals surface area contributed by atoms with E-state index in [9.17, 15) is 14.3 Å². The molecule has 0 amide bonds. The number of phosphoric ester groups is 1. The summed E-state index contributed by atoms with van der Waals surface area (Å²) in [7, 11) is 1.67.